The van der Waals surface area contributed by atoms with Gasteiger partial charge in [-0.25, -0.2) is 4.39 Å². The van der Waals surface area contributed by atoms with Gasteiger partial charge in [-0.15, -0.1) is 11.8 Å². The normalized spacial score (nSPS) is 32.8. The monoisotopic (exact) mass is 427 g/mol. The number of carbonyl (C=O) groups excluding carboxylic acids is 2. The molecule has 1 aromatic rings. The largest absolute Gasteiger partial charge is 0.484 e. The first-order valence-electron chi connectivity index (χ1n) is 9.41. The molecule has 0 radical (unpaired) electrons. The molecule has 4 aliphatic rings. The minimum atomic E-state index is -0.586. The van der Waals surface area contributed by atoms with Crippen molar-refractivity contribution in [2.75, 3.05) is 12.4 Å². The lowest BCUT2D eigenvalue weighted by atomic mass is 9.44. The van der Waals surface area contributed by atoms with Gasteiger partial charge in [-0.3, -0.25) is 14.9 Å². The highest BCUT2D eigenvalue weighted by Crippen LogP contribution is 2.60. The highest BCUT2D eigenvalue weighted by Gasteiger charge is 2.69. The van der Waals surface area contributed by atoms with Gasteiger partial charge >= 0.3 is 0 Å². The van der Waals surface area contributed by atoms with E-state index in [-0.39, 0.29) is 46.3 Å². The molecule has 6 nitrogen and oxygen atoms in total. The maximum absolute atomic E-state index is 13.4. The molecule has 1 heterocycles. The molecule has 3 N–H and O–H groups in total. The van der Waals surface area contributed by atoms with Gasteiger partial charge in [-0.2, -0.15) is 0 Å². The summed E-state index contributed by atoms with van der Waals surface area (Å²) < 4.78 is 18.7. The van der Waals surface area contributed by atoms with E-state index in [9.17, 15) is 14.0 Å². The fraction of sp³-hybridized carbons (Fsp3) is 0.579. The van der Waals surface area contributed by atoms with Crippen LogP contribution in [-0.4, -0.2) is 46.7 Å². The maximum Gasteiger partial charge on any atom is 0.258 e. The summed E-state index contributed by atoms with van der Waals surface area (Å²) in [6, 6.07) is 3.92. The van der Waals surface area contributed by atoms with E-state index in [1.54, 1.807) is 11.8 Å². The molecule has 1 aliphatic heterocycles. The Morgan fingerprint density at radius 2 is 2.04 bits per heavy atom. The SMILES string of the molecule is CCC1NC(C(=O)NC23CC(NC(=O)COc4ccc(Cl)c(F)c4)(C2)C3)CS1. The van der Waals surface area contributed by atoms with E-state index < -0.39 is 5.82 Å². The Morgan fingerprint density at radius 3 is 2.68 bits per heavy atom. The van der Waals surface area contributed by atoms with Crippen molar-refractivity contribution in [3.05, 3.63) is 29.0 Å². The zero-order valence-corrected chi connectivity index (χ0v) is 17.1. The first-order valence-corrected chi connectivity index (χ1v) is 10.8. The summed E-state index contributed by atoms with van der Waals surface area (Å²) in [6.45, 7) is 1.91. The number of rotatable bonds is 7. The molecule has 152 valence electrons. The topological polar surface area (TPSA) is 79.5 Å². The van der Waals surface area contributed by atoms with Gasteiger partial charge in [0.15, 0.2) is 6.61 Å². The van der Waals surface area contributed by atoms with Crippen LogP contribution in [0.1, 0.15) is 32.6 Å². The summed E-state index contributed by atoms with van der Waals surface area (Å²) in [5, 5.41) is 9.84. The number of amides is 2. The standard InChI is InChI=1S/C19H23ClFN3O3S/c1-2-16-22-14(7-28-16)17(26)24-19-8-18(9-19,10-19)23-15(25)6-27-11-3-4-12(20)13(21)5-11/h3-5,14,16,22H,2,6-10H2,1H3,(H,23,25)(H,24,26). The van der Waals surface area contributed by atoms with Crippen molar-refractivity contribution in [1.82, 2.24) is 16.0 Å². The van der Waals surface area contributed by atoms with Crippen LogP contribution in [0.25, 0.3) is 0 Å². The lowest BCUT2D eigenvalue weighted by Gasteiger charge is -2.70. The van der Waals surface area contributed by atoms with Gasteiger partial charge in [0.1, 0.15) is 11.6 Å². The Morgan fingerprint density at radius 1 is 1.32 bits per heavy atom. The van der Waals surface area contributed by atoms with Gasteiger partial charge in [0.25, 0.3) is 5.91 Å². The van der Waals surface area contributed by atoms with Crippen LogP contribution < -0.4 is 20.7 Å². The van der Waals surface area contributed by atoms with Crippen LogP contribution in [0.3, 0.4) is 0 Å². The summed E-state index contributed by atoms with van der Waals surface area (Å²) >= 11 is 7.40. The fourth-order valence-corrected chi connectivity index (χ4v) is 5.66. The van der Waals surface area contributed by atoms with Crippen LogP contribution in [0.15, 0.2) is 18.2 Å². The van der Waals surface area contributed by atoms with Crippen LogP contribution in [0.5, 0.6) is 5.75 Å². The van der Waals surface area contributed by atoms with E-state index >= 15 is 0 Å². The molecule has 9 heteroatoms. The summed E-state index contributed by atoms with van der Waals surface area (Å²) in [5.74, 6) is 0.263. The summed E-state index contributed by atoms with van der Waals surface area (Å²) in [5.41, 5.74) is -0.427. The van der Waals surface area contributed by atoms with E-state index in [1.165, 1.54) is 12.1 Å². The number of thioether (sulfide) groups is 1. The lowest BCUT2D eigenvalue weighted by molar-refractivity contribution is -0.151. The fourth-order valence-electron chi connectivity index (χ4n) is 4.37. The first-order chi connectivity index (χ1) is 13.3. The van der Waals surface area contributed by atoms with E-state index in [4.69, 9.17) is 16.3 Å². The van der Waals surface area contributed by atoms with Crippen LogP contribution >= 0.6 is 23.4 Å². The molecule has 2 bridgehead atoms. The van der Waals surface area contributed by atoms with Crippen LogP contribution in [-0.2, 0) is 9.59 Å². The van der Waals surface area contributed by atoms with E-state index in [2.05, 4.69) is 22.9 Å². The van der Waals surface area contributed by atoms with Crippen molar-refractivity contribution in [3.8, 4) is 5.75 Å². The average molecular weight is 428 g/mol. The van der Waals surface area contributed by atoms with Gasteiger partial charge in [0.2, 0.25) is 5.91 Å². The van der Waals surface area contributed by atoms with Crippen molar-refractivity contribution in [2.24, 2.45) is 0 Å². The number of nitrogens with one attached hydrogen (secondary N) is 3. The second kappa shape index (κ2) is 7.39. The van der Waals surface area contributed by atoms with Gasteiger partial charge in [0, 0.05) is 22.9 Å². The molecular formula is C19H23ClFN3O3S. The highest BCUT2D eigenvalue weighted by atomic mass is 35.5. The van der Waals surface area contributed by atoms with Gasteiger partial charge in [-0.1, -0.05) is 18.5 Å². The molecule has 1 saturated heterocycles. The van der Waals surface area contributed by atoms with Crippen molar-refractivity contribution in [2.45, 2.75) is 55.1 Å². The maximum atomic E-state index is 13.4. The smallest absolute Gasteiger partial charge is 0.258 e. The van der Waals surface area contributed by atoms with Crippen LogP contribution in [0.2, 0.25) is 5.02 Å². The number of benzene rings is 1. The van der Waals surface area contributed by atoms with Crippen molar-refractivity contribution < 1.29 is 18.7 Å². The van der Waals surface area contributed by atoms with Crippen molar-refractivity contribution in [3.63, 3.8) is 0 Å². The third kappa shape index (κ3) is 3.82. The van der Waals surface area contributed by atoms with Crippen molar-refractivity contribution >= 4 is 35.2 Å². The second-order valence-electron chi connectivity index (χ2n) is 7.94. The number of halogens is 2. The Bertz CT molecular complexity index is 789. The molecular weight excluding hydrogens is 405 g/mol. The molecule has 5 rings (SSSR count). The predicted molar refractivity (Wildman–Crippen MR) is 106 cm³/mol. The number of carbonyl (C=O) groups is 2. The molecule has 0 spiro atoms. The van der Waals surface area contributed by atoms with Gasteiger partial charge in [-0.05, 0) is 37.8 Å². The molecule has 2 amide bonds. The minimum Gasteiger partial charge on any atom is -0.484 e. The van der Waals surface area contributed by atoms with Gasteiger partial charge < -0.3 is 15.4 Å². The molecule has 3 aliphatic carbocycles. The molecule has 28 heavy (non-hydrogen) atoms. The molecule has 3 saturated carbocycles. The van der Waals surface area contributed by atoms with Crippen molar-refractivity contribution in [1.29, 1.82) is 0 Å². The zero-order chi connectivity index (χ0) is 19.9. The summed E-state index contributed by atoms with van der Waals surface area (Å²) in [4.78, 5) is 24.6. The molecule has 2 atom stereocenters. The Kier molecular flexibility index (Phi) is 5.22. The Hall–Kier alpha value is -1.51. The summed E-state index contributed by atoms with van der Waals surface area (Å²) in [7, 11) is 0. The number of ether oxygens (including phenoxy) is 1. The number of hydrogen-bond acceptors (Lipinski definition) is 5. The number of hydrogen-bond donors (Lipinski definition) is 3. The summed E-state index contributed by atoms with van der Waals surface area (Å²) in [6.07, 6.45) is 3.22. The van der Waals surface area contributed by atoms with Gasteiger partial charge in [0.05, 0.1) is 16.4 Å². The first kappa shape index (κ1) is 19.8. The van der Waals surface area contributed by atoms with E-state index in [1.807, 2.05) is 0 Å². The third-order valence-electron chi connectivity index (χ3n) is 5.62. The van der Waals surface area contributed by atoms with E-state index in [0.29, 0.717) is 5.37 Å². The molecule has 2 unspecified atom stereocenters. The molecule has 1 aromatic carbocycles. The quantitative estimate of drug-likeness (QED) is 0.621. The highest BCUT2D eigenvalue weighted by molar-refractivity contribution is 8.00. The second-order valence-corrected chi connectivity index (χ2v) is 9.59. The zero-order valence-electron chi connectivity index (χ0n) is 15.5. The van der Waals surface area contributed by atoms with E-state index in [0.717, 1.165) is 37.5 Å². The predicted octanol–water partition coefficient (Wildman–Crippen LogP) is 2.21. The lowest BCUT2D eigenvalue weighted by Crippen LogP contribution is -2.84. The minimum absolute atomic E-state index is 0.00891. The van der Waals surface area contributed by atoms with Crippen LogP contribution in [0, 0.1) is 5.82 Å². The molecule has 0 aromatic heterocycles. The van der Waals surface area contributed by atoms with Crippen LogP contribution in [0.4, 0.5) is 4.39 Å². The Labute approximate surface area is 172 Å². The molecule has 4 fully saturated rings. The third-order valence-corrected chi connectivity index (χ3v) is 7.33. The Balaban J connectivity index is 1.19. The average Bonchev–Trinajstić information content (AvgIpc) is 3.09.